The summed E-state index contributed by atoms with van der Waals surface area (Å²) >= 11 is 0. The smallest absolute Gasteiger partial charge is 0.150 e. The molecule has 0 aliphatic rings. The minimum atomic E-state index is -0.487. The fourth-order valence-corrected chi connectivity index (χ4v) is 1.22. The number of halogens is 1. The fourth-order valence-electron chi connectivity index (χ4n) is 1.22. The Kier molecular flexibility index (Phi) is 2.18. The van der Waals surface area contributed by atoms with Crippen molar-refractivity contribution in [3.8, 4) is 11.8 Å². The molecule has 0 N–H and O–H groups in total. The Morgan fingerprint density at radius 3 is 2.80 bits per heavy atom. The van der Waals surface area contributed by atoms with Crippen LogP contribution in [0, 0.1) is 24.1 Å². The Morgan fingerprint density at radius 2 is 2.27 bits per heavy atom. The van der Waals surface area contributed by atoms with Crippen LogP contribution in [0.4, 0.5) is 4.39 Å². The maximum Gasteiger partial charge on any atom is 0.150 e. The molecule has 0 bridgehead atoms. The summed E-state index contributed by atoms with van der Waals surface area (Å²) in [6, 6.07) is 6.08. The Balaban J connectivity index is 2.51. The van der Waals surface area contributed by atoms with Crippen molar-refractivity contribution in [2.24, 2.45) is 0 Å². The molecular formula is C10H7FN4. The van der Waals surface area contributed by atoms with Crippen LogP contribution < -0.4 is 0 Å². The summed E-state index contributed by atoms with van der Waals surface area (Å²) in [4.78, 5) is 3.90. The molecule has 0 aliphatic heterocycles. The van der Waals surface area contributed by atoms with Crippen LogP contribution in [0.3, 0.4) is 0 Å². The first-order valence-electron chi connectivity index (χ1n) is 4.29. The molecule has 2 rings (SSSR count). The lowest BCUT2D eigenvalue weighted by Gasteiger charge is -2.01. The highest BCUT2D eigenvalue weighted by Gasteiger charge is 2.06. The van der Waals surface area contributed by atoms with E-state index in [0.717, 1.165) is 0 Å². The van der Waals surface area contributed by atoms with Crippen molar-refractivity contribution in [3.05, 3.63) is 41.7 Å². The van der Waals surface area contributed by atoms with Gasteiger partial charge in [-0.2, -0.15) is 10.4 Å². The minimum Gasteiger partial charge on any atom is -0.220 e. The first-order chi connectivity index (χ1) is 7.20. The second-order valence-corrected chi connectivity index (χ2v) is 3.01. The van der Waals surface area contributed by atoms with Crippen LogP contribution in [0.25, 0.3) is 5.69 Å². The Bertz CT molecular complexity index is 539. The van der Waals surface area contributed by atoms with Crippen molar-refractivity contribution >= 4 is 0 Å². The number of benzene rings is 1. The van der Waals surface area contributed by atoms with E-state index < -0.39 is 5.82 Å². The van der Waals surface area contributed by atoms with E-state index >= 15 is 0 Å². The van der Waals surface area contributed by atoms with Gasteiger partial charge in [0.1, 0.15) is 23.7 Å². The lowest BCUT2D eigenvalue weighted by atomic mass is 10.2. The van der Waals surface area contributed by atoms with Gasteiger partial charge in [-0.15, -0.1) is 0 Å². The van der Waals surface area contributed by atoms with Crippen molar-refractivity contribution in [1.29, 1.82) is 5.26 Å². The van der Waals surface area contributed by atoms with Crippen molar-refractivity contribution in [3.63, 3.8) is 0 Å². The molecule has 1 heterocycles. The molecule has 0 fully saturated rings. The normalized spacial score (nSPS) is 9.93. The molecule has 0 unspecified atom stereocenters. The summed E-state index contributed by atoms with van der Waals surface area (Å²) in [5.41, 5.74) is 0.572. The van der Waals surface area contributed by atoms with Gasteiger partial charge in [-0.25, -0.2) is 14.1 Å². The molecule has 0 spiro atoms. The summed E-state index contributed by atoms with van der Waals surface area (Å²) in [5.74, 6) is 0.0812. The van der Waals surface area contributed by atoms with Gasteiger partial charge in [-0.1, -0.05) is 0 Å². The van der Waals surface area contributed by atoms with E-state index in [1.807, 2.05) is 6.07 Å². The fraction of sp³-hybridized carbons (Fsp3) is 0.100. The van der Waals surface area contributed by atoms with Crippen molar-refractivity contribution in [2.45, 2.75) is 6.92 Å². The van der Waals surface area contributed by atoms with Crippen molar-refractivity contribution < 1.29 is 4.39 Å². The van der Waals surface area contributed by atoms with E-state index in [1.165, 1.54) is 29.2 Å². The molecule has 74 valence electrons. The molecule has 0 amide bonds. The lowest BCUT2D eigenvalue weighted by molar-refractivity contribution is 0.609. The van der Waals surface area contributed by atoms with Gasteiger partial charge in [-0.3, -0.25) is 0 Å². The van der Waals surface area contributed by atoms with Gasteiger partial charge < -0.3 is 0 Å². The highest BCUT2D eigenvalue weighted by Crippen LogP contribution is 2.13. The predicted molar refractivity (Wildman–Crippen MR) is 50.8 cm³/mol. The molecule has 0 radical (unpaired) electrons. The van der Waals surface area contributed by atoms with Gasteiger partial charge in [0.2, 0.25) is 0 Å². The van der Waals surface area contributed by atoms with Gasteiger partial charge in [0.05, 0.1) is 11.6 Å². The third-order valence-corrected chi connectivity index (χ3v) is 1.93. The predicted octanol–water partition coefficient (Wildman–Crippen LogP) is 1.59. The average Bonchev–Trinajstić information content (AvgIpc) is 2.64. The molecule has 4 nitrogen and oxygen atoms in total. The maximum atomic E-state index is 13.5. The Labute approximate surface area is 85.6 Å². The lowest BCUT2D eigenvalue weighted by Crippen LogP contribution is -1.98. The van der Waals surface area contributed by atoms with Crippen LogP contribution in [-0.2, 0) is 0 Å². The number of hydrogen-bond acceptors (Lipinski definition) is 3. The second-order valence-electron chi connectivity index (χ2n) is 3.01. The third-order valence-electron chi connectivity index (χ3n) is 1.93. The average molecular weight is 202 g/mol. The number of hydrogen-bond donors (Lipinski definition) is 0. The quantitative estimate of drug-likeness (QED) is 0.705. The number of aromatic nitrogens is 3. The van der Waals surface area contributed by atoms with Gasteiger partial charge in [0, 0.05) is 0 Å². The van der Waals surface area contributed by atoms with Crippen LogP contribution in [0.15, 0.2) is 24.5 Å². The van der Waals surface area contributed by atoms with Gasteiger partial charge in [0.25, 0.3) is 0 Å². The van der Waals surface area contributed by atoms with Crippen LogP contribution in [0.1, 0.15) is 11.4 Å². The molecular weight excluding hydrogens is 195 g/mol. The zero-order valence-corrected chi connectivity index (χ0v) is 7.98. The summed E-state index contributed by atoms with van der Waals surface area (Å²) in [6.45, 7) is 1.72. The van der Waals surface area contributed by atoms with Crippen molar-refractivity contribution in [1.82, 2.24) is 14.8 Å². The van der Waals surface area contributed by atoms with Gasteiger partial charge >= 0.3 is 0 Å². The van der Waals surface area contributed by atoms with Crippen molar-refractivity contribution in [2.75, 3.05) is 0 Å². The summed E-state index contributed by atoms with van der Waals surface area (Å²) in [5, 5.41) is 12.6. The van der Waals surface area contributed by atoms with E-state index in [4.69, 9.17) is 5.26 Å². The number of nitriles is 1. The molecule has 0 atom stereocenters. The van der Waals surface area contributed by atoms with E-state index in [1.54, 1.807) is 6.92 Å². The maximum absolute atomic E-state index is 13.5. The SMILES string of the molecule is Cc1ncn(-c2ccc(C#N)cc2F)n1. The first kappa shape index (κ1) is 9.34. The second kappa shape index (κ2) is 3.50. The molecule has 0 saturated carbocycles. The van der Waals surface area contributed by atoms with Gasteiger partial charge in [-0.05, 0) is 25.1 Å². The van der Waals surface area contributed by atoms with E-state index in [0.29, 0.717) is 5.82 Å². The highest BCUT2D eigenvalue weighted by molar-refractivity contribution is 5.40. The molecule has 15 heavy (non-hydrogen) atoms. The summed E-state index contributed by atoms with van der Waals surface area (Å²) < 4.78 is 14.8. The number of rotatable bonds is 1. The molecule has 1 aromatic heterocycles. The molecule has 0 aliphatic carbocycles. The highest BCUT2D eigenvalue weighted by atomic mass is 19.1. The zero-order valence-electron chi connectivity index (χ0n) is 7.98. The molecule has 2 aromatic rings. The third kappa shape index (κ3) is 1.70. The molecule has 1 aromatic carbocycles. The first-order valence-corrected chi connectivity index (χ1v) is 4.29. The topological polar surface area (TPSA) is 54.5 Å². The van der Waals surface area contributed by atoms with E-state index in [-0.39, 0.29) is 11.3 Å². The minimum absolute atomic E-state index is 0.285. The summed E-state index contributed by atoms with van der Waals surface area (Å²) in [6.07, 6.45) is 1.43. The monoisotopic (exact) mass is 202 g/mol. The van der Waals surface area contributed by atoms with E-state index in [9.17, 15) is 4.39 Å². The van der Waals surface area contributed by atoms with Crippen LogP contribution >= 0.6 is 0 Å². The number of nitrogens with zero attached hydrogens (tertiary/aromatic N) is 4. The standard InChI is InChI=1S/C10H7FN4/c1-7-13-6-15(14-7)10-3-2-8(5-12)4-9(10)11/h2-4,6H,1H3. The molecule has 0 saturated heterocycles. The number of aryl methyl sites for hydroxylation is 1. The largest absolute Gasteiger partial charge is 0.220 e. The van der Waals surface area contributed by atoms with Crippen LogP contribution in [0.5, 0.6) is 0 Å². The zero-order chi connectivity index (χ0) is 10.8. The van der Waals surface area contributed by atoms with Crippen LogP contribution in [-0.4, -0.2) is 14.8 Å². The Hall–Kier alpha value is -2.22. The van der Waals surface area contributed by atoms with E-state index in [2.05, 4.69) is 10.1 Å². The summed E-state index contributed by atoms with van der Waals surface area (Å²) in [7, 11) is 0. The van der Waals surface area contributed by atoms with Gasteiger partial charge in [0.15, 0.2) is 0 Å². The Morgan fingerprint density at radius 1 is 1.47 bits per heavy atom. The van der Waals surface area contributed by atoms with Crippen LogP contribution in [0.2, 0.25) is 0 Å². The molecule has 5 heteroatoms.